The Balaban J connectivity index is 1.72. The van der Waals surface area contributed by atoms with Crippen molar-refractivity contribution in [2.45, 2.75) is 25.8 Å². The maximum atomic E-state index is 13.1. The average molecular weight is 370 g/mol. The third kappa shape index (κ3) is 5.07. The molecule has 1 N–H and O–H groups in total. The molecular formula is C22H27FN2O2. The highest BCUT2D eigenvalue weighted by atomic mass is 19.1. The van der Waals surface area contributed by atoms with Gasteiger partial charge in [-0.2, -0.15) is 0 Å². The largest absolute Gasteiger partial charge is 0.497 e. The van der Waals surface area contributed by atoms with Gasteiger partial charge in [-0.05, 0) is 73.8 Å². The molecule has 4 nitrogen and oxygen atoms in total. The van der Waals surface area contributed by atoms with Gasteiger partial charge < -0.3 is 10.1 Å². The van der Waals surface area contributed by atoms with Crippen LogP contribution in [0.2, 0.25) is 0 Å². The lowest BCUT2D eigenvalue weighted by molar-refractivity contribution is 0.0913. The van der Waals surface area contributed by atoms with Crippen LogP contribution in [-0.2, 0) is 0 Å². The number of benzene rings is 2. The molecule has 1 unspecified atom stereocenters. The fourth-order valence-electron chi connectivity index (χ4n) is 3.52. The van der Waals surface area contributed by atoms with E-state index in [4.69, 9.17) is 4.74 Å². The van der Waals surface area contributed by atoms with Crippen molar-refractivity contribution >= 4 is 5.91 Å². The molecule has 1 amide bonds. The van der Waals surface area contributed by atoms with Crippen LogP contribution in [0.1, 0.15) is 41.7 Å². The minimum atomic E-state index is -0.343. The van der Waals surface area contributed by atoms with Gasteiger partial charge in [0.1, 0.15) is 11.6 Å². The third-order valence-corrected chi connectivity index (χ3v) is 5.32. The lowest BCUT2D eigenvalue weighted by Crippen LogP contribution is -2.42. The topological polar surface area (TPSA) is 41.6 Å². The van der Waals surface area contributed by atoms with Gasteiger partial charge in [0.15, 0.2) is 0 Å². The maximum absolute atomic E-state index is 13.1. The summed E-state index contributed by atoms with van der Waals surface area (Å²) in [6, 6.07) is 13.8. The Hall–Kier alpha value is -2.40. The third-order valence-electron chi connectivity index (χ3n) is 5.32. The van der Waals surface area contributed by atoms with E-state index in [9.17, 15) is 9.18 Å². The lowest BCUT2D eigenvalue weighted by Gasteiger charge is -2.37. The lowest BCUT2D eigenvalue weighted by atomic mass is 9.95. The minimum Gasteiger partial charge on any atom is -0.497 e. The zero-order valence-electron chi connectivity index (χ0n) is 16.0. The van der Waals surface area contributed by atoms with Gasteiger partial charge in [0, 0.05) is 12.1 Å². The molecule has 27 heavy (non-hydrogen) atoms. The second-order valence-electron chi connectivity index (χ2n) is 7.22. The Bertz CT molecular complexity index is 738. The molecule has 1 aliphatic rings. The van der Waals surface area contributed by atoms with E-state index in [1.807, 2.05) is 12.1 Å². The molecule has 0 bridgehead atoms. The molecule has 0 spiro atoms. The van der Waals surface area contributed by atoms with E-state index >= 15 is 0 Å². The van der Waals surface area contributed by atoms with Crippen LogP contribution in [0, 0.1) is 11.7 Å². The molecule has 5 heteroatoms. The molecule has 144 valence electrons. The molecule has 1 saturated heterocycles. The number of likely N-dealkylation sites (tertiary alicyclic amines) is 1. The average Bonchev–Trinajstić information content (AvgIpc) is 2.70. The van der Waals surface area contributed by atoms with E-state index in [1.54, 1.807) is 7.11 Å². The number of carbonyl (C=O) groups is 1. The molecule has 0 saturated carbocycles. The molecule has 3 rings (SSSR count). The number of hydrogen-bond acceptors (Lipinski definition) is 3. The number of rotatable bonds is 6. The van der Waals surface area contributed by atoms with E-state index in [1.165, 1.54) is 37.1 Å². The van der Waals surface area contributed by atoms with Gasteiger partial charge in [0.05, 0.1) is 13.2 Å². The minimum absolute atomic E-state index is 0.104. The predicted molar refractivity (Wildman–Crippen MR) is 104 cm³/mol. The smallest absolute Gasteiger partial charge is 0.251 e. The van der Waals surface area contributed by atoms with E-state index in [0.29, 0.717) is 12.1 Å². The van der Waals surface area contributed by atoms with Crippen LogP contribution < -0.4 is 10.1 Å². The van der Waals surface area contributed by atoms with Crippen LogP contribution >= 0.6 is 0 Å². The van der Waals surface area contributed by atoms with Crippen molar-refractivity contribution in [3.8, 4) is 5.75 Å². The molecule has 1 atom stereocenters. The number of piperidine rings is 1. The second-order valence-corrected chi connectivity index (χ2v) is 7.22. The zero-order chi connectivity index (χ0) is 19.2. The quantitative estimate of drug-likeness (QED) is 0.834. The SMILES string of the molecule is COc1ccc(C(CNC(=O)c2ccc(F)cc2)N2CCC(C)CC2)cc1. The molecule has 0 aliphatic carbocycles. The summed E-state index contributed by atoms with van der Waals surface area (Å²) in [5.74, 6) is 1.04. The van der Waals surface area contributed by atoms with Crippen molar-refractivity contribution in [2.75, 3.05) is 26.7 Å². The highest BCUT2D eigenvalue weighted by Gasteiger charge is 2.25. The first-order chi connectivity index (χ1) is 13.1. The summed E-state index contributed by atoms with van der Waals surface area (Å²) < 4.78 is 18.3. The van der Waals surface area contributed by atoms with Gasteiger partial charge in [-0.15, -0.1) is 0 Å². The molecule has 0 radical (unpaired) electrons. The Morgan fingerprint density at radius 2 is 1.78 bits per heavy atom. The number of halogens is 1. The number of ether oxygens (including phenoxy) is 1. The van der Waals surface area contributed by atoms with Gasteiger partial charge in [-0.3, -0.25) is 9.69 Å². The molecule has 1 aliphatic heterocycles. The van der Waals surface area contributed by atoms with E-state index < -0.39 is 0 Å². The predicted octanol–water partition coefficient (Wildman–Crippen LogP) is 4.04. The van der Waals surface area contributed by atoms with E-state index in [2.05, 4.69) is 29.3 Å². The van der Waals surface area contributed by atoms with Crippen LogP contribution in [0.3, 0.4) is 0 Å². The van der Waals surface area contributed by atoms with Crippen LogP contribution in [0.25, 0.3) is 0 Å². The van der Waals surface area contributed by atoms with Crippen LogP contribution in [0.15, 0.2) is 48.5 Å². The monoisotopic (exact) mass is 370 g/mol. The van der Waals surface area contributed by atoms with Gasteiger partial charge >= 0.3 is 0 Å². The summed E-state index contributed by atoms with van der Waals surface area (Å²) in [6.45, 7) is 4.83. The van der Waals surface area contributed by atoms with Gasteiger partial charge in [0.2, 0.25) is 0 Å². The Morgan fingerprint density at radius 3 is 2.37 bits per heavy atom. The Kier molecular flexibility index (Phi) is 6.45. The van der Waals surface area contributed by atoms with Crippen molar-refractivity contribution in [2.24, 2.45) is 5.92 Å². The second kappa shape index (κ2) is 9.00. The highest BCUT2D eigenvalue weighted by molar-refractivity contribution is 5.94. The summed E-state index contributed by atoms with van der Waals surface area (Å²) in [5.41, 5.74) is 1.63. The Labute approximate surface area is 160 Å². The fourth-order valence-corrected chi connectivity index (χ4v) is 3.52. The molecule has 2 aromatic carbocycles. The van der Waals surface area contributed by atoms with Crippen molar-refractivity contribution in [1.29, 1.82) is 0 Å². The summed E-state index contributed by atoms with van der Waals surface area (Å²) in [6.07, 6.45) is 2.33. The number of amides is 1. The molecule has 1 fully saturated rings. The molecule has 2 aromatic rings. The number of methoxy groups -OCH3 is 1. The number of hydrogen-bond donors (Lipinski definition) is 1. The van der Waals surface area contributed by atoms with Crippen molar-refractivity contribution in [3.05, 3.63) is 65.5 Å². The summed E-state index contributed by atoms with van der Waals surface area (Å²) in [7, 11) is 1.65. The molecule has 1 heterocycles. The first kappa shape index (κ1) is 19.4. The van der Waals surface area contributed by atoms with E-state index in [-0.39, 0.29) is 17.8 Å². The number of nitrogens with one attached hydrogen (secondary N) is 1. The number of carbonyl (C=O) groups excluding carboxylic acids is 1. The van der Waals surface area contributed by atoms with Gasteiger partial charge in [-0.1, -0.05) is 19.1 Å². The number of nitrogens with zero attached hydrogens (tertiary/aromatic N) is 1. The van der Waals surface area contributed by atoms with Crippen LogP contribution in [-0.4, -0.2) is 37.6 Å². The zero-order valence-corrected chi connectivity index (χ0v) is 16.0. The molecular weight excluding hydrogens is 343 g/mol. The maximum Gasteiger partial charge on any atom is 0.251 e. The first-order valence-corrected chi connectivity index (χ1v) is 9.48. The normalized spacial score (nSPS) is 16.7. The Morgan fingerprint density at radius 1 is 1.15 bits per heavy atom. The van der Waals surface area contributed by atoms with E-state index in [0.717, 1.165) is 30.3 Å². The van der Waals surface area contributed by atoms with Crippen molar-refractivity contribution < 1.29 is 13.9 Å². The van der Waals surface area contributed by atoms with Crippen LogP contribution in [0.4, 0.5) is 4.39 Å². The van der Waals surface area contributed by atoms with Crippen molar-refractivity contribution in [3.63, 3.8) is 0 Å². The highest BCUT2D eigenvalue weighted by Crippen LogP contribution is 2.27. The first-order valence-electron chi connectivity index (χ1n) is 9.48. The summed E-state index contributed by atoms with van der Waals surface area (Å²) >= 11 is 0. The standard InChI is InChI=1S/C22H27FN2O2/c1-16-11-13-25(14-12-16)21(17-5-9-20(27-2)10-6-17)15-24-22(26)18-3-7-19(23)8-4-18/h3-10,16,21H,11-15H2,1-2H3,(H,24,26). The molecule has 0 aromatic heterocycles. The van der Waals surface area contributed by atoms with Crippen LogP contribution in [0.5, 0.6) is 5.75 Å². The fraction of sp³-hybridized carbons (Fsp3) is 0.409. The van der Waals surface area contributed by atoms with Gasteiger partial charge in [-0.25, -0.2) is 4.39 Å². The summed E-state index contributed by atoms with van der Waals surface area (Å²) in [5, 5.41) is 3.02. The summed E-state index contributed by atoms with van der Waals surface area (Å²) in [4.78, 5) is 14.9. The van der Waals surface area contributed by atoms with Crippen molar-refractivity contribution in [1.82, 2.24) is 10.2 Å². The van der Waals surface area contributed by atoms with Gasteiger partial charge in [0.25, 0.3) is 5.91 Å².